The summed E-state index contributed by atoms with van der Waals surface area (Å²) in [6.07, 6.45) is 1.17. The average Bonchev–Trinajstić information content (AvgIpc) is 2.80. The second-order valence-corrected chi connectivity index (χ2v) is 4.50. The molecule has 8 nitrogen and oxygen atoms in total. The number of hydrogen-bond donors (Lipinski definition) is 2. The molecular weight excluding hydrogens is 252 g/mol. The Hall–Kier alpha value is -2.38. The van der Waals surface area contributed by atoms with E-state index in [0.29, 0.717) is 25.1 Å². The van der Waals surface area contributed by atoms with Gasteiger partial charge in [0.2, 0.25) is 5.82 Å². The van der Waals surface area contributed by atoms with E-state index in [0.717, 1.165) is 0 Å². The van der Waals surface area contributed by atoms with Gasteiger partial charge in [-0.25, -0.2) is 9.78 Å². The number of anilines is 1. The van der Waals surface area contributed by atoms with Crippen molar-refractivity contribution in [2.75, 3.05) is 18.4 Å². The van der Waals surface area contributed by atoms with Crippen molar-refractivity contribution in [3.8, 4) is 0 Å². The van der Waals surface area contributed by atoms with Gasteiger partial charge in [0, 0.05) is 31.4 Å². The minimum atomic E-state index is -0.976. The summed E-state index contributed by atoms with van der Waals surface area (Å²) >= 11 is 0. The number of rotatable bonds is 3. The highest BCUT2D eigenvalue weighted by Gasteiger charge is 2.28. The molecule has 0 spiro atoms. The lowest BCUT2D eigenvalue weighted by atomic mass is 10.2. The Morgan fingerprint density at radius 3 is 3.00 bits per heavy atom. The Balaban J connectivity index is 2.12. The van der Waals surface area contributed by atoms with Gasteiger partial charge in [-0.15, -0.1) is 0 Å². The molecule has 1 aromatic heterocycles. The zero-order chi connectivity index (χ0) is 14.0. The zero-order valence-electron chi connectivity index (χ0n) is 10.4. The maximum atomic E-state index is 10.9. The Morgan fingerprint density at radius 2 is 2.42 bits per heavy atom. The number of aromatic nitrogens is 1. The third kappa shape index (κ3) is 2.90. The van der Waals surface area contributed by atoms with Crippen LogP contribution in [0, 0.1) is 17.0 Å². The van der Waals surface area contributed by atoms with E-state index in [1.807, 2.05) is 0 Å². The SMILES string of the molecule is Cc1cnc(N[C@H]2CCN(C(=O)O)C2)c([N+](=O)[O-])c1. The fraction of sp³-hybridized carbons (Fsp3) is 0.455. The molecule has 102 valence electrons. The number of pyridine rings is 1. The van der Waals surface area contributed by atoms with Gasteiger partial charge < -0.3 is 15.3 Å². The molecule has 19 heavy (non-hydrogen) atoms. The van der Waals surface area contributed by atoms with Gasteiger partial charge in [0.1, 0.15) is 0 Å². The number of nitrogens with zero attached hydrogens (tertiary/aromatic N) is 3. The molecule has 1 saturated heterocycles. The van der Waals surface area contributed by atoms with Gasteiger partial charge in [-0.3, -0.25) is 10.1 Å². The van der Waals surface area contributed by atoms with Gasteiger partial charge in [-0.1, -0.05) is 0 Å². The summed E-state index contributed by atoms with van der Waals surface area (Å²) in [5.74, 6) is 0.188. The van der Waals surface area contributed by atoms with Crippen LogP contribution in [-0.2, 0) is 0 Å². The normalized spacial score (nSPS) is 18.4. The Bertz CT molecular complexity index is 519. The van der Waals surface area contributed by atoms with Gasteiger partial charge in [-0.2, -0.15) is 0 Å². The van der Waals surface area contributed by atoms with E-state index in [1.165, 1.54) is 11.0 Å². The van der Waals surface area contributed by atoms with E-state index < -0.39 is 11.0 Å². The van der Waals surface area contributed by atoms with Crippen LogP contribution in [0.1, 0.15) is 12.0 Å². The number of aryl methyl sites for hydroxylation is 1. The third-order valence-electron chi connectivity index (χ3n) is 3.00. The van der Waals surface area contributed by atoms with Crippen molar-refractivity contribution >= 4 is 17.6 Å². The smallest absolute Gasteiger partial charge is 0.407 e. The molecule has 1 aliphatic heterocycles. The monoisotopic (exact) mass is 266 g/mol. The summed E-state index contributed by atoms with van der Waals surface area (Å²) in [5, 5.41) is 22.7. The number of hydrogen-bond acceptors (Lipinski definition) is 5. The highest BCUT2D eigenvalue weighted by Crippen LogP contribution is 2.24. The highest BCUT2D eigenvalue weighted by molar-refractivity contribution is 5.66. The van der Waals surface area contributed by atoms with Crippen LogP contribution < -0.4 is 5.32 Å². The van der Waals surface area contributed by atoms with Gasteiger partial charge in [0.25, 0.3) is 0 Å². The zero-order valence-corrected chi connectivity index (χ0v) is 10.4. The largest absolute Gasteiger partial charge is 0.465 e. The predicted molar refractivity (Wildman–Crippen MR) is 67.3 cm³/mol. The fourth-order valence-corrected chi connectivity index (χ4v) is 2.05. The Kier molecular flexibility index (Phi) is 3.50. The first kappa shape index (κ1) is 13.1. The second-order valence-electron chi connectivity index (χ2n) is 4.50. The molecule has 0 unspecified atom stereocenters. The van der Waals surface area contributed by atoms with Crippen molar-refractivity contribution in [3.05, 3.63) is 27.9 Å². The maximum absolute atomic E-state index is 10.9. The maximum Gasteiger partial charge on any atom is 0.407 e. The number of nitrogens with one attached hydrogen (secondary N) is 1. The van der Waals surface area contributed by atoms with E-state index in [1.54, 1.807) is 13.1 Å². The van der Waals surface area contributed by atoms with Crippen molar-refractivity contribution in [2.24, 2.45) is 0 Å². The summed E-state index contributed by atoms with van der Waals surface area (Å²) in [6.45, 7) is 2.46. The summed E-state index contributed by atoms with van der Waals surface area (Å²) in [4.78, 5) is 26.5. The van der Waals surface area contributed by atoms with Crippen LogP contribution in [0.3, 0.4) is 0 Å². The minimum Gasteiger partial charge on any atom is -0.465 e. The van der Waals surface area contributed by atoms with Crippen molar-refractivity contribution < 1.29 is 14.8 Å². The van der Waals surface area contributed by atoms with Crippen LogP contribution in [0.15, 0.2) is 12.3 Å². The molecule has 1 amide bonds. The fourth-order valence-electron chi connectivity index (χ4n) is 2.05. The number of nitro groups is 1. The molecule has 0 radical (unpaired) electrons. The first-order valence-corrected chi connectivity index (χ1v) is 5.83. The topological polar surface area (TPSA) is 109 Å². The van der Waals surface area contributed by atoms with E-state index >= 15 is 0 Å². The summed E-state index contributed by atoms with van der Waals surface area (Å²) in [5.41, 5.74) is 0.615. The third-order valence-corrected chi connectivity index (χ3v) is 3.00. The minimum absolute atomic E-state index is 0.0891. The van der Waals surface area contributed by atoms with E-state index in [9.17, 15) is 14.9 Å². The molecule has 0 saturated carbocycles. The molecule has 0 aliphatic carbocycles. The van der Waals surface area contributed by atoms with Crippen LogP contribution in [-0.4, -0.2) is 45.1 Å². The number of carbonyl (C=O) groups is 1. The van der Waals surface area contributed by atoms with Gasteiger partial charge in [0.15, 0.2) is 0 Å². The average molecular weight is 266 g/mol. The molecule has 1 aliphatic rings. The number of amides is 1. The molecule has 0 aromatic carbocycles. The first-order chi connectivity index (χ1) is 8.97. The van der Waals surface area contributed by atoms with E-state index in [2.05, 4.69) is 10.3 Å². The molecule has 0 bridgehead atoms. The standard InChI is InChI=1S/C11H14N4O4/c1-7-4-9(15(18)19)10(12-5-7)13-8-2-3-14(6-8)11(16)17/h4-5,8H,2-3,6H2,1H3,(H,12,13)(H,16,17)/t8-/m0/s1. The van der Waals surface area contributed by atoms with Crippen LogP contribution in [0.2, 0.25) is 0 Å². The molecule has 1 fully saturated rings. The number of carboxylic acid groups (broad SMARTS) is 1. The van der Waals surface area contributed by atoms with Crippen molar-refractivity contribution in [1.29, 1.82) is 0 Å². The van der Waals surface area contributed by atoms with Crippen molar-refractivity contribution in [3.63, 3.8) is 0 Å². The quantitative estimate of drug-likeness (QED) is 0.633. The Morgan fingerprint density at radius 1 is 1.68 bits per heavy atom. The van der Waals surface area contributed by atoms with Crippen LogP contribution in [0.5, 0.6) is 0 Å². The molecule has 2 heterocycles. The van der Waals surface area contributed by atoms with Crippen LogP contribution >= 0.6 is 0 Å². The molecular formula is C11H14N4O4. The summed E-state index contributed by atoms with van der Waals surface area (Å²) in [6, 6.07) is 1.30. The van der Waals surface area contributed by atoms with Crippen molar-refractivity contribution in [2.45, 2.75) is 19.4 Å². The highest BCUT2D eigenvalue weighted by atomic mass is 16.6. The molecule has 2 N–H and O–H groups in total. The van der Waals surface area contributed by atoms with Gasteiger partial charge >= 0.3 is 11.8 Å². The summed E-state index contributed by atoms with van der Waals surface area (Å²) < 4.78 is 0. The molecule has 2 rings (SSSR count). The first-order valence-electron chi connectivity index (χ1n) is 5.83. The molecule has 8 heteroatoms. The number of likely N-dealkylation sites (tertiary alicyclic amines) is 1. The lowest BCUT2D eigenvalue weighted by Crippen LogP contribution is -2.30. The lowest BCUT2D eigenvalue weighted by molar-refractivity contribution is -0.384. The molecule has 1 aromatic rings. The van der Waals surface area contributed by atoms with E-state index in [-0.39, 0.29) is 17.5 Å². The van der Waals surface area contributed by atoms with Crippen LogP contribution in [0.4, 0.5) is 16.3 Å². The van der Waals surface area contributed by atoms with Crippen molar-refractivity contribution in [1.82, 2.24) is 9.88 Å². The lowest BCUT2D eigenvalue weighted by Gasteiger charge is -2.14. The second kappa shape index (κ2) is 5.09. The van der Waals surface area contributed by atoms with Crippen LogP contribution in [0.25, 0.3) is 0 Å². The Labute approximate surface area is 109 Å². The predicted octanol–water partition coefficient (Wildman–Crippen LogP) is 1.46. The summed E-state index contributed by atoms with van der Waals surface area (Å²) in [7, 11) is 0. The van der Waals surface area contributed by atoms with Gasteiger partial charge in [0.05, 0.1) is 4.92 Å². The molecule has 1 atom stereocenters. The van der Waals surface area contributed by atoms with Gasteiger partial charge in [-0.05, 0) is 18.9 Å². The van der Waals surface area contributed by atoms with E-state index in [4.69, 9.17) is 5.11 Å².